The van der Waals surface area contributed by atoms with Crippen LogP contribution in [0, 0.1) is 17.9 Å². The summed E-state index contributed by atoms with van der Waals surface area (Å²) in [5, 5.41) is 21.5. The summed E-state index contributed by atoms with van der Waals surface area (Å²) in [4.78, 5) is 14.7. The molecule has 1 radical (unpaired) electrons. The fourth-order valence-corrected chi connectivity index (χ4v) is 7.40. The van der Waals surface area contributed by atoms with Crippen LogP contribution in [0.15, 0.2) is 84.8 Å². The van der Waals surface area contributed by atoms with Crippen molar-refractivity contribution in [2.45, 2.75) is 64.2 Å². The minimum atomic E-state index is 0. The van der Waals surface area contributed by atoms with Crippen LogP contribution in [-0.2, 0) is 20.1 Å². The number of hydrogen-bond donors (Lipinski definition) is 1. The first-order chi connectivity index (χ1) is 20.2. The molecule has 2 saturated carbocycles. The molecular weight excluding hydrogens is 695 g/mol. The monoisotopic (exact) mass is 732 g/mol. The number of rotatable bonds is 3. The molecule has 2 fully saturated rings. The van der Waals surface area contributed by atoms with Crippen LogP contribution in [0.2, 0.25) is 0 Å². The minimum Gasteiger partial charge on any atom is -0.512 e. The summed E-state index contributed by atoms with van der Waals surface area (Å²) in [5.41, 5.74) is 1.04. The number of carbonyl (C=O) groups excluding carboxylic acids is 1. The van der Waals surface area contributed by atoms with Crippen LogP contribution in [0.5, 0.6) is 0 Å². The van der Waals surface area contributed by atoms with Crippen LogP contribution >= 0.6 is 0 Å². The number of aliphatic hydroxyl groups is 1. The number of nitrogens with zero attached hydrogens (tertiary/aromatic N) is 1. The zero-order valence-electron chi connectivity index (χ0n) is 23.9. The van der Waals surface area contributed by atoms with E-state index in [1.165, 1.54) is 81.6 Å². The standard InChI is InChI=1S/C23H12N.C15H24O2.Ir/c1-2-7-15-14(6-1)16-8-3-10-18-19-12-5-13-24-23(19)20-11-4-9-17(15)22(20)21(16)18;16-14(12-7-3-1-4-8-12)11-15(17)13-9-5-2-6-10-13;/h1-10,12-13H;11-13,16H,1-10H2;/q-1;;/p+1/b;14-11-;. The third-order valence-corrected chi connectivity index (χ3v) is 9.50. The van der Waals surface area contributed by atoms with E-state index in [9.17, 15) is 9.90 Å². The van der Waals surface area contributed by atoms with Crippen molar-refractivity contribution in [1.82, 2.24) is 4.98 Å². The molecule has 0 atom stereocenters. The van der Waals surface area contributed by atoms with Gasteiger partial charge in [-0.25, -0.2) is 0 Å². The second kappa shape index (κ2) is 12.5. The number of benzene rings is 5. The Balaban J connectivity index is 0.000000157. The average molecular weight is 732 g/mol. The molecule has 0 aliphatic heterocycles. The van der Waals surface area contributed by atoms with Gasteiger partial charge in [-0.2, -0.15) is 0 Å². The summed E-state index contributed by atoms with van der Waals surface area (Å²) in [5.74, 6) is 1.45. The number of fused-ring (bicyclic) bond motifs is 6. The van der Waals surface area contributed by atoms with Gasteiger partial charge in [0, 0.05) is 32.2 Å². The predicted octanol–water partition coefficient (Wildman–Crippen LogP) is 10.2. The van der Waals surface area contributed by atoms with Gasteiger partial charge in [0.15, 0.2) is 0 Å². The number of hydrogen-bond acceptors (Lipinski definition) is 2. The van der Waals surface area contributed by atoms with E-state index in [0.29, 0.717) is 23.4 Å². The third-order valence-electron chi connectivity index (χ3n) is 9.50. The molecule has 5 aromatic carbocycles. The van der Waals surface area contributed by atoms with E-state index in [0.717, 1.165) is 36.6 Å². The Morgan fingerprint density at radius 2 is 1.26 bits per heavy atom. The summed E-state index contributed by atoms with van der Waals surface area (Å²) in [7, 11) is 0. The van der Waals surface area contributed by atoms with Crippen LogP contribution in [0.4, 0.5) is 0 Å². The van der Waals surface area contributed by atoms with Gasteiger partial charge in [-0.05, 0) is 69.6 Å². The molecule has 0 spiro atoms. The largest absolute Gasteiger partial charge is 0.512 e. The molecule has 2 aliphatic carbocycles. The molecule has 0 amide bonds. The van der Waals surface area contributed by atoms with Crippen LogP contribution in [0.25, 0.3) is 54.0 Å². The smallest absolute Gasteiger partial charge is 0.322 e. The molecule has 2 aliphatic rings. The maximum atomic E-state index is 10.1. The maximum absolute atomic E-state index is 10.1. The van der Waals surface area contributed by atoms with Gasteiger partial charge < -0.3 is 10.1 Å². The van der Waals surface area contributed by atoms with E-state index in [4.69, 9.17) is 0 Å². The van der Waals surface area contributed by atoms with Crippen molar-refractivity contribution in [2.75, 3.05) is 0 Å². The maximum Gasteiger partial charge on any atom is 0.322 e. The van der Waals surface area contributed by atoms with Crippen LogP contribution in [0.3, 0.4) is 0 Å². The molecule has 0 unspecified atom stereocenters. The predicted molar refractivity (Wildman–Crippen MR) is 173 cm³/mol. The first-order valence-electron chi connectivity index (χ1n) is 15.4. The van der Waals surface area contributed by atoms with Crippen molar-refractivity contribution >= 4 is 59.8 Å². The van der Waals surface area contributed by atoms with Gasteiger partial charge in [0.05, 0.1) is 12.0 Å². The Morgan fingerprint density at radius 1 is 0.690 bits per heavy atom. The van der Waals surface area contributed by atoms with Crippen molar-refractivity contribution in [2.24, 2.45) is 11.8 Å². The van der Waals surface area contributed by atoms with Gasteiger partial charge in [-0.15, -0.1) is 23.6 Å². The topological polar surface area (TPSA) is 54.5 Å². The van der Waals surface area contributed by atoms with Crippen LogP contribution < -0.4 is 0 Å². The summed E-state index contributed by atoms with van der Waals surface area (Å²) >= 11 is 0. The molecule has 215 valence electrons. The average Bonchev–Trinajstić information content (AvgIpc) is 3.05. The summed E-state index contributed by atoms with van der Waals surface area (Å²) < 4.78 is 0. The van der Waals surface area contributed by atoms with Gasteiger partial charge in [0.1, 0.15) is 5.76 Å². The van der Waals surface area contributed by atoms with Gasteiger partial charge in [-0.3, -0.25) is 4.79 Å². The molecule has 2 N–H and O–H groups in total. The number of allylic oxidation sites excluding steroid dienone is 2. The number of ketones is 1. The van der Waals surface area contributed by atoms with E-state index in [1.54, 1.807) is 6.08 Å². The van der Waals surface area contributed by atoms with E-state index in [2.05, 4.69) is 65.6 Å². The summed E-state index contributed by atoms with van der Waals surface area (Å²) in [6.45, 7) is 0. The van der Waals surface area contributed by atoms with Gasteiger partial charge >= 0.3 is 5.78 Å². The van der Waals surface area contributed by atoms with Crippen LogP contribution in [-0.4, -0.2) is 20.7 Å². The van der Waals surface area contributed by atoms with Crippen molar-refractivity contribution in [1.29, 1.82) is 0 Å². The molecule has 1 aromatic heterocycles. The number of pyridine rings is 1. The zero-order chi connectivity index (χ0) is 27.8. The SMILES string of the molecule is O/C(=C\C(=[OH+])C1CCCCC1)C1CCCCC1.[Ir].[c-]1ccc2c3ccccc3c3cccc4c5cccnc5c1c2c34. The van der Waals surface area contributed by atoms with Gasteiger partial charge in [0.2, 0.25) is 0 Å². The fraction of sp³-hybridized carbons (Fsp3) is 0.316. The summed E-state index contributed by atoms with van der Waals surface area (Å²) in [6, 6.07) is 27.1. The number of aromatic nitrogens is 1. The van der Waals surface area contributed by atoms with Crippen LogP contribution in [0.1, 0.15) is 64.2 Å². The molecule has 42 heavy (non-hydrogen) atoms. The first-order valence-corrected chi connectivity index (χ1v) is 15.4. The Hall–Kier alpha value is -3.33. The third kappa shape index (κ3) is 5.21. The Labute approximate surface area is 260 Å². The normalized spacial score (nSPS) is 17.0. The molecule has 3 nitrogen and oxygen atoms in total. The zero-order valence-corrected chi connectivity index (χ0v) is 26.3. The second-order valence-electron chi connectivity index (χ2n) is 12.0. The van der Waals surface area contributed by atoms with Gasteiger partial charge in [0.25, 0.3) is 0 Å². The molecule has 6 aromatic rings. The van der Waals surface area contributed by atoms with Crippen molar-refractivity contribution in [3.8, 4) is 0 Å². The van der Waals surface area contributed by atoms with E-state index >= 15 is 0 Å². The molecular formula is C38H37IrNO2. The van der Waals surface area contributed by atoms with E-state index < -0.39 is 0 Å². The summed E-state index contributed by atoms with van der Waals surface area (Å²) in [6.07, 6.45) is 15.3. The van der Waals surface area contributed by atoms with Crippen molar-refractivity contribution < 1.29 is 30.0 Å². The van der Waals surface area contributed by atoms with Crippen molar-refractivity contribution in [3.63, 3.8) is 0 Å². The van der Waals surface area contributed by atoms with E-state index in [1.807, 2.05) is 18.3 Å². The molecule has 0 bridgehead atoms. The Kier molecular flexibility index (Phi) is 8.56. The quantitative estimate of drug-likeness (QED) is 0.0492. The Bertz CT molecular complexity index is 1690. The Morgan fingerprint density at radius 3 is 1.95 bits per heavy atom. The molecule has 0 saturated heterocycles. The molecule has 4 heteroatoms. The minimum absolute atomic E-state index is 0. The first kappa shape index (κ1) is 28.8. The molecule has 8 rings (SSSR count). The fourth-order valence-electron chi connectivity index (χ4n) is 7.40. The second-order valence-corrected chi connectivity index (χ2v) is 12.0. The number of aliphatic hydroxyl groups excluding tert-OH is 1. The van der Waals surface area contributed by atoms with Gasteiger partial charge in [-0.1, -0.05) is 97.8 Å². The van der Waals surface area contributed by atoms with Crippen molar-refractivity contribution in [3.05, 3.63) is 90.8 Å². The molecule has 1 heterocycles. The van der Waals surface area contributed by atoms with E-state index in [-0.39, 0.29) is 20.1 Å².